The van der Waals surface area contributed by atoms with Crippen molar-refractivity contribution >= 4 is 35.5 Å². The summed E-state index contributed by atoms with van der Waals surface area (Å²) in [5, 5.41) is 8.76. The summed E-state index contributed by atoms with van der Waals surface area (Å²) in [6.45, 7) is 4.07. The fraction of sp³-hybridized carbons (Fsp3) is 0.941. The zero-order valence-corrected chi connectivity index (χ0v) is 13.1. The Kier molecular flexibility index (Phi) is 19.9. The van der Waals surface area contributed by atoms with Crippen molar-refractivity contribution < 1.29 is 9.90 Å². The molecule has 1 N–H and O–H groups in total. The van der Waals surface area contributed by atoms with Crippen LogP contribution in [0.15, 0.2) is 0 Å². The van der Waals surface area contributed by atoms with E-state index in [2.05, 4.69) is 6.92 Å². The average Bonchev–Trinajstić information content (AvgIpc) is 2.39. The maximum absolute atomic E-state index is 10.6. The summed E-state index contributed by atoms with van der Waals surface area (Å²) in [5.74, 6) is -0.814. The van der Waals surface area contributed by atoms with Gasteiger partial charge in [0.25, 0.3) is 0 Å². The van der Waals surface area contributed by atoms with Gasteiger partial charge in [-0.1, -0.05) is 90.9 Å². The van der Waals surface area contributed by atoms with Crippen LogP contribution in [0.3, 0.4) is 0 Å². The van der Waals surface area contributed by atoms with E-state index in [4.69, 9.17) is 5.11 Å². The molecule has 1 unspecified atom stereocenters. The van der Waals surface area contributed by atoms with Crippen LogP contribution in [-0.4, -0.2) is 40.6 Å². The van der Waals surface area contributed by atoms with Gasteiger partial charge in [0.05, 0.1) is 5.92 Å². The zero-order chi connectivity index (χ0) is 14.3. The number of carbonyl (C=O) groups is 1. The van der Waals surface area contributed by atoms with E-state index >= 15 is 0 Å². The summed E-state index contributed by atoms with van der Waals surface area (Å²) in [6, 6.07) is 0. The minimum absolute atomic E-state index is 0. The van der Waals surface area contributed by atoms with E-state index in [0.29, 0.717) is 0 Å². The molecule has 0 aliphatic rings. The molecule has 0 aromatic heterocycles. The third-order valence-corrected chi connectivity index (χ3v) is 3.91. The molecule has 0 aromatic carbocycles. The normalized spacial score (nSPS) is 11.9. The van der Waals surface area contributed by atoms with Crippen molar-refractivity contribution in [3.63, 3.8) is 0 Å². The van der Waals surface area contributed by atoms with Crippen LogP contribution in [0.5, 0.6) is 0 Å². The van der Waals surface area contributed by atoms with Gasteiger partial charge in [0.1, 0.15) is 0 Å². The molecule has 0 saturated carbocycles. The molecule has 0 radical (unpaired) electrons. The average molecular weight is 294 g/mol. The number of hydrogen-bond donors (Lipinski definition) is 1. The van der Waals surface area contributed by atoms with Gasteiger partial charge in [-0.3, -0.25) is 4.79 Å². The molecule has 0 aromatic rings. The molecule has 1 atom stereocenters. The Morgan fingerprint density at radius 1 is 0.800 bits per heavy atom. The zero-order valence-electron chi connectivity index (χ0n) is 13.1. The molecule has 0 fully saturated rings. The standard InChI is InChI=1S/C17H34O2.Na.H/c1-3-4-5-6-7-8-9-10-11-12-13-14-15-16(2)17(18)19;;/h16H,3-15H2,1-2H3,(H,18,19);;. The number of unbranched alkanes of at least 4 members (excludes halogenated alkanes) is 11. The number of rotatable bonds is 14. The van der Waals surface area contributed by atoms with Crippen LogP contribution in [0.25, 0.3) is 0 Å². The molecule has 0 heterocycles. The first-order valence-corrected chi connectivity index (χ1v) is 8.41. The number of aliphatic carboxylic acids is 1. The van der Waals surface area contributed by atoms with Gasteiger partial charge in [-0.15, -0.1) is 0 Å². The Morgan fingerprint density at radius 3 is 1.50 bits per heavy atom. The van der Waals surface area contributed by atoms with Crippen LogP contribution in [0.4, 0.5) is 0 Å². The summed E-state index contributed by atoms with van der Waals surface area (Å²) < 4.78 is 0. The topological polar surface area (TPSA) is 37.3 Å². The second kappa shape index (κ2) is 17.5. The second-order valence-corrected chi connectivity index (χ2v) is 5.92. The Bertz CT molecular complexity index is 207. The van der Waals surface area contributed by atoms with Crippen LogP contribution >= 0.6 is 0 Å². The molecule has 2 nitrogen and oxygen atoms in total. The summed E-state index contributed by atoms with van der Waals surface area (Å²) in [6.07, 6.45) is 16.9. The quantitative estimate of drug-likeness (QED) is 0.355. The van der Waals surface area contributed by atoms with Crippen molar-refractivity contribution in [3.8, 4) is 0 Å². The third-order valence-electron chi connectivity index (χ3n) is 3.91. The van der Waals surface area contributed by atoms with Crippen molar-refractivity contribution in [2.24, 2.45) is 5.92 Å². The first-order valence-electron chi connectivity index (χ1n) is 8.41. The van der Waals surface area contributed by atoms with E-state index in [9.17, 15) is 4.79 Å². The van der Waals surface area contributed by atoms with Crippen molar-refractivity contribution in [1.82, 2.24) is 0 Å². The fourth-order valence-corrected chi connectivity index (χ4v) is 2.41. The van der Waals surface area contributed by atoms with Gasteiger partial charge in [-0.25, -0.2) is 0 Å². The monoisotopic (exact) mass is 294 g/mol. The maximum atomic E-state index is 10.6. The molecule has 0 aliphatic carbocycles. The van der Waals surface area contributed by atoms with E-state index < -0.39 is 5.97 Å². The number of carboxylic acid groups (broad SMARTS) is 1. The molecule has 0 aliphatic heterocycles. The van der Waals surface area contributed by atoms with Gasteiger partial charge in [-0.05, 0) is 6.42 Å². The summed E-state index contributed by atoms with van der Waals surface area (Å²) in [4.78, 5) is 10.6. The van der Waals surface area contributed by atoms with Crippen LogP contribution in [0, 0.1) is 5.92 Å². The van der Waals surface area contributed by atoms with Crippen molar-refractivity contribution in [1.29, 1.82) is 0 Å². The summed E-state index contributed by atoms with van der Waals surface area (Å²) in [7, 11) is 0. The van der Waals surface area contributed by atoms with Gasteiger partial charge in [-0.2, -0.15) is 0 Å². The Hall–Kier alpha value is 0.470. The molecular formula is C17H35NaO2. The predicted molar refractivity (Wildman–Crippen MR) is 89.6 cm³/mol. The molecular weight excluding hydrogens is 259 g/mol. The van der Waals surface area contributed by atoms with Gasteiger partial charge < -0.3 is 5.11 Å². The molecule has 0 saturated heterocycles. The van der Waals surface area contributed by atoms with Crippen LogP contribution in [-0.2, 0) is 4.79 Å². The second-order valence-electron chi connectivity index (χ2n) is 5.92. The third kappa shape index (κ3) is 16.5. The van der Waals surface area contributed by atoms with Crippen LogP contribution in [0.1, 0.15) is 97.3 Å². The molecule has 20 heavy (non-hydrogen) atoms. The molecule has 0 spiro atoms. The van der Waals surface area contributed by atoms with Gasteiger partial charge in [0, 0.05) is 0 Å². The van der Waals surface area contributed by atoms with Crippen molar-refractivity contribution in [2.75, 3.05) is 0 Å². The SMILES string of the molecule is CCCCCCCCCCCCCCC(C)C(=O)O.[NaH]. The minimum atomic E-state index is -0.650. The van der Waals surface area contributed by atoms with Crippen molar-refractivity contribution in [2.45, 2.75) is 97.3 Å². The van der Waals surface area contributed by atoms with E-state index in [1.54, 1.807) is 6.92 Å². The number of hydrogen-bond acceptors (Lipinski definition) is 1. The van der Waals surface area contributed by atoms with Crippen LogP contribution < -0.4 is 0 Å². The predicted octanol–water partition coefficient (Wildman–Crippen LogP) is 5.15. The first-order chi connectivity index (χ1) is 9.18. The van der Waals surface area contributed by atoms with E-state index in [0.717, 1.165) is 12.8 Å². The van der Waals surface area contributed by atoms with E-state index in [1.165, 1.54) is 70.6 Å². The summed E-state index contributed by atoms with van der Waals surface area (Å²) >= 11 is 0. The molecule has 0 bridgehead atoms. The van der Waals surface area contributed by atoms with Gasteiger partial charge in [0.15, 0.2) is 0 Å². The molecule has 116 valence electrons. The Morgan fingerprint density at radius 2 is 1.15 bits per heavy atom. The molecule has 3 heteroatoms. The fourth-order valence-electron chi connectivity index (χ4n) is 2.41. The Labute approximate surface area is 148 Å². The van der Waals surface area contributed by atoms with E-state index in [-0.39, 0.29) is 35.5 Å². The molecule has 0 rings (SSSR count). The van der Waals surface area contributed by atoms with Crippen LogP contribution in [0.2, 0.25) is 0 Å². The van der Waals surface area contributed by atoms with Crippen molar-refractivity contribution in [3.05, 3.63) is 0 Å². The molecule has 0 amide bonds. The van der Waals surface area contributed by atoms with Gasteiger partial charge in [0.2, 0.25) is 0 Å². The summed E-state index contributed by atoms with van der Waals surface area (Å²) in [5.41, 5.74) is 0. The first kappa shape index (κ1) is 22.7. The van der Waals surface area contributed by atoms with Gasteiger partial charge >= 0.3 is 35.5 Å². The Balaban J connectivity index is 0. The number of carboxylic acids is 1. The van der Waals surface area contributed by atoms with E-state index in [1.807, 2.05) is 0 Å².